The molecule has 1 aromatic heterocycles. The minimum Gasteiger partial charge on any atom is -0.508 e. The number of pyridine rings is 1. The van der Waals surface area contributed by atoms with E-state index in [0.29, 0.717) is 11.7 Å². The molecule has 1 heterocycles. The lowest BCUT2D eigenvalue weighted by Crippen LogP contribution is -2.42. The SMILES string of the molecule is CC(C)CCc1ccccc1.CCC[C@]1(c2cccc(O)c2)Cc2nc3ccccc3cc2CC1CC. The topological polar surface area (TPSA) is 33.1 Å². The number of rotatable bonds is 7. The summed E-state index contributed by atoms with van der Waals surface area (Å²) in [5.41, 5.74) is 6.52. The molecule has 2 heteroatoms. The Morgan fingerprint density at radius 1 is 0.919 bits per heavy atom. The fourth-order valence-electron chi connectivity index (χ4n) is 6.10. The van der Waals surface area contributed by atoms with E-state index >= 15 is 0 Å². The first-order valence-electron chi connectivity index (χ1n) is 14.2. The van der Waals surface area contributed by atoms with Gasteiger partial charge in [-0.3, -0.25) is 4.98 Å². The third-order valence-electron chi connectivity index (χ3n) is 8.09. The first-order valence-corrected chi connectivity index (χ1v) is 14.2. The smallest absolute Gasteiger partial charge is 0.115 e. The summed E-state index contributed by atoms with van der Waals surface area (Å²) in [7, 11) is 0. The Balaban J connectivity index is 0.000000245. The highest BCUT2D eigenvalue weighted by Gasteiger charge is 2.43. The van der Waals surface area contributed by atoms with Crippen molar-refractivity contribution in [2.24, 2.45) is 11.8 Å². The summed E-state index contributed by atoms with van der Waals surface area (Å²) in [6.45, 7) is 9.10. The Hall–Kier alpha value is -3.13. The minimum atomic E-state index is 0.0602. The summed E-state index contributed by atoms with van der Waals surface area (Å²) in [5, 5.41) is 11.3. The molecule has 5 rings (SSSR count). The zero-order valence-corrected chi connectivity index (χ0v) is 23.1. The number of aromatic nitrogens is 1. The maximum atomic E-state index is 10.1. The van der Waals surface area contributed by atoms with Crippen molar-refractivity contribution >= 4 is 10.9 Å². The van der Waals surface area contributed by atoms with Crippen molar-refractivity contribution in [3.63, 3.8) is 0 Å². The van der Waals surface area contributed by atoms with Crippen molar-refractivity contribution in [1.29, 1.82) is 0 Å². The lowest BCUT2D eigenvalue weighted by atomic mass is 9.59. The second-order valence-corrected chi connectivity index (χ2v) is 11.1. The summed E-state index contributed by atoms with van der Waals surface area (Å²) in [4.78, 5) is 5.05. The van der Waals surface area contributed by atoms with Gasteiger partial charge in [-0.05, 0) is 84.9 Å². The van der Waals surface area contributed by atoms with Gasteiger partial charge in [0.2, 0.25) is 0 Å². The van der Waals surface area contributed by atoms with Gasteiger partial charge in [-0.15, -0.1) is 0 Å². The van der Waals surface area contributed by atoms with Crippen LogP contribution in [0.25, 0.3) is 10.9 Å². The van der Waals surface area contributed by atoms with Crippen LogP contribution in [0.1, 0.15) is 75.8 Å². The van der Waals surface area contributed by atoms with E-state index in [1.165, 1.54) is 40.6 Å². The molecule has 1 N–H and O–H groups in total. The van der Waals surface area contributed by atoms with E-state index in [9.17, 15) is 5.11 Å². The molecule has 1 unspecified atom stereocenters. The molecule has 0 spiro atoms. The van der Waals surface area contributed by atoms with E-state index in [4.69, 9.17) is 4.98 Å². The highest BCUT2D eigenvalue weighted by molar-refractivity contribution is 5.79. The van der Waals surface area contributed by atoms with Crippen LogP contribution in [0.15, 0.2) is 84.9 Å². The van der Waals surface area contributed by atoms with Crippen LogP contribution in [0.3, 0.4) is 0 Å². The van der Waals surface area contributed by atoms with Crippen LogP contribution in [-0.4, -0.2) is 10.1 Å². The molecule has 0 saturated carbocycles. The molecular formula is C35H43NO. The van der Waals surface area contributed by atoms with E-state index in [1.807, 2.05) is 12.1 Å². The first kappa shape index (κ1) is 26.9. The van der Waals surface area contributed by atoms with Gasteiger partial charge in [0.1, 0.15) is 5.75 Å². The highest BCUT2D eigenvalue weighted by Crippen LogP contribution is 2.47. The van der Waals surface area contributed by atoms with Gasteiger partial charge in [0.15, 0.2) is 0 Å². The molecular weight excluding hydrogens is 450 g/mol. The Bertz CT molecular complexity index is 1280. The molecule has 3 aromatic carbocycles. The molecule has 0 aliphatic heterocycles. The molecule has 194 valence electrons. The summed E-state index contributed by atoms with van der Waals surface area (Å²) >= 11 is 0. The van der Waals surface area contributed by atoms with Crippen LogP contribution in [-0.2, 0) is 24.7 Å². The maximum absolute atomic E-state index is 10.1. The number of phenolic OH excluding ortho intramolecular Hbond substituents is 1. The Morgan fingerprint density at radius 3 is 2.38 bits per heavy atom. The number of benzene rings is 3. The number of nitrogens with zero attached hydrogens (tertiary/aromatic N) is 1. The number of para-hydroxylation sites is 1. The fourth-order valence-corrected chi connectivity index (χ4v) is 6.10. The summed E-state index contributed by atoms with van der Waals surface area (Å²) in [6, 6.07) is 29.4. The van der Waals surface area contributed by atoms with Crippen molar-refractivity contribution in [3.05, 3.63) is 107 Å². The van der Waals surface area contributed by atoms with E-state index in [0.717, 1.165) is 43.5 Å². The van der Waals surface area contributed by atoms with Gasteiger partial charge in [-0.1, -0.05) is 101 Å². The van der Waals surface area contributed by atoms with Gasteiger partial charge in [-0.2, -0.15) is 0 Å². The van der Waals surface area contributed by atoms with Crippen LogP contribution in [0.4, 0.5) is 0 Å². The second-order valence-electron chi connectivity index (χ2n) is 11.1. The number of aryl methyl sites for hydroxylation is 1. The minimum absolute atomic E-state index is 0.0602. The van der Waals surface area contributed by atoms with Crippen molar-refractivity contribution in [2.75, 3.05) is 0 Å². The summed E-state index contributed by atoms with van der Waals surface area (Å²) in [5.74, 6) is 1.75. The quantitative estimate of drug-likeness (QED) is 0.278. The van der Waals surface area contributed by atoms with Crippen LogP contribution in [0, 0.1) is 11.8 Å². The third-order valence-corrected chi connectivity index (χ3v) is 8.09. The van der Waals surface area contributed by atoms with Gasteiger partial charge >= 0.3 is 0 Å². The van der Waals surface area contributed by atoms with Crippen molar-refractivity contribution < 1.29 is 5.11 Å². The van der Waals surface area contributed by atoms with Crippen molar-refractivity contribution in [3.8, 4) is 5.75 Å². The van der Waals surface area contributed by atoms with Crippen LogP contribution in [0.2, 0.25) is 0 Å². The lowest BCUT2D eigenvalue weighted by molar-refractivity contribution is 0.215. The fraction of sp³-hybridized carbons (Fsp3) is 0.400. The molecule has 0 radical (unpaired) electrons. The largest absolute Gasteiger partial charge is 0.508 e. The van der Waals surface area contributed by atoms with E-state index in [1.54, 1.807) is 6.07 Å². The molecule has 0 saturated heterocycles. The zero-order chi connectivity index (χ0) is 26.3. The van der Waals surface area contributed by atoms with Crippen LogP contribution in [0.5, 0.6) is 5.75 Å². The average Bonchev–Trinajstić information content (AvgIpc) is 2.91. The van der Waals surface area contributed by atoms with Crippen LogP contribution < -0.4 is 0 Å². The molecule has 1 aliphatic carbocycles. The summed E-state index contributed by atoms with van der Waals surface area (Å²) in [6.07, 6.45) is 7.95. The highest BCUT2D eigenvalue weighted by atomic mass is 16.3. The third kappa shape index (κ3) is 6.42. The number of fused-ring (bicyclic) bond motifs is 2. The number of hydrogen-bond donors (Lipinski definition) is 1. The molecule has 0 fully saturated rings. The predicted octanol–water partition coefficient (Wildman–Crippen LogP) is 9.08. The van der Waals surface area contributed by atoms with E-state index in [-0.39, 0.29) is 5.41 Å². The lowest BCUT2D eigenvalue weighted by Gasteiger charge is -2.45. The molecule has 0 amide bonds. The van der Waals surface area contributed by atoms with Gasteiger partial charge in [0, 0.05) is 16.5 Å². The average molecular weight is 494 g/mol. The van der Waals surface area contributed by atoms with Gasteiger partial charge in [-0.25, -0.2) is 0 Å². The van der Waals surface area contributed by atoms with E-state index < -0.39 is 0 Å². The monoisotopic (exact) mass is 493 g/mol. The van der Waals surface area contributed by atoms with Gasteiger partial charge < -0.3 is 5.11 Å². The molecule has 4 aromatic rings. The van der Waals surface area contributed by atoms with Crippen LogP contribution >= 0.6 is 0 Å². The van der Waals surface area contributed by atoms with E-state index in [2.05, 4.69) is 94.4 Å². The molecule has 1 aliphatic rings. The second kappa shape index (κ2) is 12.4. The van der Waals surface area contributed by atoms with Crippen molar-refractivity contribution in [1.82, 2.24) is 4.98 Å². The Labute approximate surface area is 223 Å². The van der Waals surface area contributed by atoms with Gasteiger partial charge in [0.05, 0.1) is 5.52 Å². The Kier molecular flexibility index (Phi) is 9.03. The van der Waals surface area contributed by atoms with Crippen molar-refractivity contribution in [2.45, 2.75) is 78.1 Å². The molecule has 2 nitrogen and oxygen atoms in total. The molecule has 37 heavy (non-hydrogen) atoms. The normalized spacial score (nSPS) is 18.8. The number of hydrogen-bond acceptors (Lipinski definition) is 2. The Morgan fingerprint density at radius 2 is 1.68 bits per heavy atom. The zero-order valence-electron chi connectivity index (χ0n) is 23.1. The maximum Gasteiger partial charge on any atom is 0.115 e. The number of aromatic hydroxyl groups is 1. The van der Waals surface area contributed by atoms with Gasteiger partial charge in [0.25, 0.3) is 0 Å². The summed E-state index contributed by atoms with van der Waals surface area (Å²) < 4.78 is 0. The molecule has 0 bridgehead atoms. The number of phenols is 1. The predicted molar refractivity (Wildman–Crippen MR) is 157 cm³/mol. The molecule has 2 atom stereocenters. The standard InChI is InChI=1S/C24H27NO.C11H16/c1-3-12-24(20-9-7-10-21(26)15-20)16-23-18(14-19(24)4-2)13-17-8-5-6-11-22(17)25-23;1-10(2)8-9-11-6-4-3-5-7-11/h5-11,13,15,19,26H,3-4,12,14,16H2,1-2H3;3-7,10H,8-9H2,1-2H3/t19?,24-;/m0./s1. The first-order chi connectivity index (χ1) is 17.9.